The molecule has 4 heterocycles. The van der Waals surface area contributed by atoms with E-state index in [-0.39, 0.29) is 31.6 Å². The van der Waals surface area contributed by atoms with Crippen molar-refractivity contribution in [1.29, 1.82) is 0 Å². The summed E-state index contributed by atoms with van der Waals surface area (Å²) in [7, 11) is 1.90. The number of anilines is 1. The van der Waals surface area contributed by atoms with Crippen molar-refractivity contribution in [2.45, 2.75) is 50.6 Å². The van der Waals surface area contributed by atoms with Crippen molar-refractivity contribution < 1.29 is 27.4 Å². The normalized spacial score (nSPS) is 17.9. The molecule has 0 radical (unpaired) electrons. The number of thiophene rings is 2. The first-order valence-electron chi connectivity index (χ1n) is 11.7. The van der Waals surface area contributed by atoms with E-state index in [1.165, 1.54) is 4.88 Å². The summed E-state index contributed by atoms with van der Waals surface area (Å²) in [6.07, 6.45) is -2.91. The molecular formula is C25H25ClF3N3O3S2. The monoisotopic (exact) mass is 571 g/mol. The van der Waals surface area contributed by atoms with Gasteiger partial charge in [-0.2, -0.15) is 13.2 Å². The quantitative estimate of drug-likeness (QED) is 0.143. The smallest absolute Gasteiger partial charge is 0.459 e. The number of halogens is 4. The number of nitrogens with zero attached hydrogens (tertiary/aromatic N) is 1. The van der Waals surface area contributed by atoms with Gasteiger partial charge >= 0.3 is 12.1 Å². The van der Waals surface area contributed by atoms with Crippen LogP contribution in [-0.2, 0) is 20.8 Å². The Balaban J connectivity index is 1.62. The molecule has 2 atom stereocenters. The van der Waals surface area contributed by atoms with Crippen LogP contribution >= 0.6 is 34.3 Å². The number of esters is 1. The van der Waals surface area contributed by atoms with Gasteiger partial charge in [-0.15, -0.1) is 22.7 Å². The Hall–Kier alpha value is -2.36. The van der Waals surface area contributed by atoms with E-state index in [4.69, 9.17) is 16.3 Å². The van der Waals surface area contributed by atoms with Gasteiger partial charge in [0.1, 0.15) is 16.8 Å². The molecule has 0 aromatic carbocycles. The van der Waals surface area contributed by atoms with Crippen LogP contribution in [0.1, 0.15) is 47.1 Å². The summed E-state index contributed by atoms with van der Waals surface area (Å²) in [6.45, 7) is 0.905. The SMILES string of the molecule is CN[C@H]1CCCO[C@@H]1c1sc2c(NCc3cccs3)cc(Cl)nc2c1C#CCCCOC(=O)C(F)(F)F. The van der Waals surface area contributed by atoms with Gasteiger partial charge in [0, 0.05) is 36.6 Å². The standard InChI is InChI=1S/C25H25ClF3N3O3S2/c1-30-17-9-5-11-34-21(17)22-16(8-3-2-4-10-35-24(33)25(27,28)29)20-23(37-22)18(13-19(26)32-20)31-14-15-7-6-12-36-15/h6-7,12-13,17,21,30H,2,4-5,9-11,14H2,1H3,(H,31,32)/t17-,21-/m0/s1. The summed E-state index contributed by atoms with van der Waals surface area (Å²) < 4.78 is 48.2. The highest BCUT2D eigenvalue weighted by molar-refractivity contribution is 7.20. The van der Waals surface area contributed by atoms with Crippen LogP contribution in [0.4, 0.5) is 18.9 Å². The number of fused-ring (bicyclic) bond motifs is 1. The highest BCUT2D eigenvalue weighted by atomic mass is 35.5. The molecule has 1 saturated heterocycles. The van der Waals surface area contributed by atoms with Gasteiger partial charge in [0.25, 0.3) is 0 Å². The average Bonchev–Trinajstić information content (AvgIpc) is 3.52. The molecule has 3 aromatic heterocycles. The van der Waals surface area contributed by atoms with Gasteiger partial charge in [0.05, 0.1) is 27.4 Å². The van der Waals surface area contributed by atoms with Gasteiger partial charge in [-0.1, -0.05) is 29.5 Å². The van der Waals surface area contributed by atoms with Crippen LogP contribution in [0.15, 0.2) is 23.6 Å². The highest BCUT2D eigenvalue weighted by Crippen LogP contribution is 2.43. The van der Waals surface area contributed by atoms with Gasteiger partial charge in [0.2, 0.25) is 0 Å². The number of aromatic nitrogens is 1. The predicted molar refractivity (Wildman–Crippen MR) is 140 cm³/mol. The van der Waals surface area contributed by atoms with E-state index in [9.17, 15) is 18.0 Å². The van der Waals surface area contributed by atoms with Crippen LogP contribution in [0, 0.1) is 11.8 Å². The van der Waals surface area contributed by atoms with Crippen LogP contribution in [0.3, 0.4) is 0 Å². The molecule has 12 heteroatoms. The molecule has 3 aromatic rings. The molecule has 0 bridgehead atoms. The number of alkyl halides is 3. The summed E-state index contributed by atoms with van der Waals surface area (Å²) >= 11 is 9.61. The number of rotatable bonds is 8. The van der Waals surface area contributed by atoms with Crippen molar-refractivity contribution in [1.82, 2.24) is 10.3 Å². The molecular weight excluding hydrogens is 547 g/mol. The predicted octanol–water partition coefficient (Wildman–Crippen LogP) is 6.30. The number of hydrogen-bond acceptors (Lipinski definition) is 8. The van der Waals surface area contributed by atoms with Crippen molar-refractivity contribution in [3.8, 4) is 11.8 Å². The number of likely N-dealkylation sites (N-methyl/N-ethyl adjacent to an activating group) is 1. The van der Waals surface area contributed by atoms with Gasteiger partial charge in [0.15, 0.2) is 0 Å². The van der Waals surface area contributed by atoms with E-state index in [1.54, 1.807) is 28.7 Å². The van der Waals surface area contributed by atoms with Crippen molar-refractivity contribution in [2.75, 3.05) is 25.6 Å². The maximum atomic E-state index is 12.3. The zero-order chi connectivity index (χ0) is 26.4. The maximum absolute atomic E-state index is 12.3. The number of unbranched alkanes of at least 4 members (excludes halogenated alkanes) is 1. The number of nitrogens with one attached hydrogen (secondary N) is 2. The fourth-order valence-corrected chi connectivity index (χ4v) is 6.14. The van der Waals surface area contributed by atoms with Crippen LogP contribution < -0.4 is 10.6 Å². The van der Waals surface area contributed by atoms with E-state index in [2.05, 4.69) is 32.2 Å². The number of pyridine rings is 1. The number of carbonyl (C=O) groups is 1. The van der Waals surface area contributed by atoms with E-state index in [1.807, 2.05) is 24.6 Å². The molecule has 0 aliphatic carbocycles. The van der Waals surface area contributed by atoms with Gasteiger partial charge in [-0.05, 0) is 37.8 Å². The number of ether oxygens (including phenoxy) is 2. The summed E-state index contributed by atoms with van der Waals surface area (Å²) in [6, 6.07) is 5.94. The van der Waals surface area contributed by atoms with Gasteiger partial charge in [-0.25, -0.2) is 9.78 Å². The Morgan fingerprint density at radius 3 is 2.97 bits per heavy atom. The summed E-state index contributed by atoms with van der Waals surface area (Å²) in [4.78, 5) is 17.6. The van der Waals surface area contributed by atoms with E-state index in [0.29, 0.717) is 29.4 Å². The van der Waals surface area contributed by atoms with Crippen molar-refractivity contribution in [2.24, 2.45) is 0 Å². The second-order valence-corrected chi connectivity index (χ2v) is 10.8. The number of hydrogen-bond donors (Lipinski definition) is 2. The second kappa shape index (κ2) is 12.5. The highest BCUT2D eigenvalue weighted by Gasteiger charge is 2.40. The Morgan fingerprint density at radius 2 is 2.24 bits per heavy atom. The van der Waals surface area contributed by atoms with Crippen LogP contribution in [0.5, 0.6) is 0 Å². The lowest BCUT2D eigenvalue weighted by Crippen LogP contribution is -2.37. The van der Waals surface area contributed by atoms with Crippen LogP contribution in [0.2, 0.25) is 5.15 Å². The molecule has 0 amide bonds. The van der Waals surface area contributed by atoms with Gasteiger partial charge in [-0.3, -0.25) is 0 Å². The molecule has 198 valence electrons. The van der Waals surface area contributed by atoms with Crippen molar-refractivity contribution in [3.05, 3.63) is 44.1 Å². The molecule has 0 spiro atoms. The Morgan fingerprint density at radius 1 is 1.41 bits per heavy atom. The minimum atomic E-state index is -5.00. The first-order chi connectivity index (χ1) is 17.8. The average molecular weight is 572 g/mol. The third-order valence-electron chi connectivity index (χ3n) is 5.75. The summed E-state index contributed by atoms with van der Waals surface area (Å²) in [5.41, 5.74) is 2.20. The Kier molecular flexibility index (Phi) is 9.31. The van der Waals surface area contributed by atoms with E-state index in [0.717, 1.165) is 28.1 Å². The van der Waals surface area contributed by atoms with E-state index < -0.39 is 12.1 Å². The number of carbonyl (C=O) groups excluding carboxylic acids is 1. The van der Waals surface area contributed by atoms with Gasteiger partial charge < -0.3 is 20.1 Å². The van der Waals surface area contributed by atoms with Crippen LogP contribution in [-0.4, -0.2) is 43.4 Å². The zero-order valence-electron chi connectivity index (χ0n) is 19.9. The molecule has 4 rings (SSSR count). The molecule has 1 aliphatic rings. The first kappa shape index (κ1) is 27.7. The largest absolute Gasteiger partial charge is 0.490 e. The third-order valence-corrected chi connectivity index (χ3v) is 8.09. The van der Waals surface area contributed by atoms with E-state index >= 15 is 0 Å². The Labute approximate surface area is 225 Å². The lowest BCUT2D eigenvalue weighted by molar-refractivity contribution is -0.199. The third kappa shape index (κ3) is 6.94. The molecule has 1 aliphatic heterocycles. The molecule has 6 nitrogen and oxygen atoms in total. The minimum absolute atomic E-state index is 0.0992. The minimum Gasteiger partial charge on any atom is -0.459 e. The molecule has 0 unspecified atom stereocenters. The summed E-state index contributed by atoms with van der Waals surface area (Å²) in [5.74, 6) is 3.97. The topological polar surface area (TPSA) is 72.5 Å². The lowest BCUT2D eigenvalue weighted by Gasteiger charge is -2.31. The lowest BCUT2D eigenvalue weighted by atomic mass is 9.99. The fraction of sp³-hybridized carbons (Fsp3) is 0.440. The molecule has 0 saturated carbocycles. The molecule has 37 heavy (non-hydrogen) atoms. The first-order valence-corrected chi connectivity index (χ1v) is 13.8. The molecule has 2 N–H and O–H groups in total. The molecule has 1 fully saturated rings. The maximum Gasteiger partial charge on any atom is 0.490 e. The van der Waals surface area contributed by atoms with Crippen molar-refractivity contribution >= 4 is 56.1 Å². The second-order valence-electron chi connectivity index (χ2n) is 8.31. The van der Waals surface area contributed by atoms with Crippen molar-refractivity contribution in [3.63, 3.8) is 0 Å². The zero-order valence-corrected chi connectivity index (χ0v) is 22.3. The summed E-state index contributed by atoms with van der Waals surface area (Å²) in [5, 5.41) is 9.13. The Bertz CT molecular complexity index is 1290. The fourth-order valence-electron chi connectivity index (χ4n) is 3.99. The van der Waals surface area contributed by atoms with Crippen LogP contribution in [0.25, 0.3) is 10.2 Å².